The average Bonchev–Trinajstić information content (AvgIpc) is 1.65. The summed E-state index contributed by atoms with van der Waals surface area (Å²) in [5, 5.41) is 9.19. The Balaban J connectivity index is 4.19. The summed E-state index contributed by atoms with van der Waals surface area (Å²) in [7, 11) is 0. The number of amides is 1. The third-order valence-electron chi connectivity index (χ3n) is 1.62. The van der Waals surface area contributed by atoms with Crippen molar-refractivity contribution in [3.05, 3.63) is 0 Å². The van der Waals surface area contributed by atoms with Crippen LogP contribution in [0.25, 0.3) is 0 Å². The van der Waals surface area contributed by atoms with Gasteiger partial charge in [0.2, 0.25) is 5.91 Å². The van der Waals surface area contributed by atoms with Gasteiger partial charge in [-0.3, -0.25) is 4.79 Å². The number of carbonyl (C=O) groups is 1. The maximum absolute atomic E-state index is 10.4. The quantitative estimate of drug-likeness (QED) is 0.548. The minimum absolute atomic E-state index is 0.130. The van der Waals surface area contributed by atoms with Gasteiger partial charge in [0.25, 0.3) is 0 Å². The fourth-order valence-electron chi connectivity index (χ4n) is 0.285. The van der Waals surface area contributed by atoms with Gasteiger partial charge in [0.15, 0.2) is 0 Å². The van der Waals surface area contributed by atoms with E-state index in [1.165, 1.54) is 6.92 Å². The maximum Gasteiger partial charge on any atom is 0.249 e. The van der Waals surface area contributed by atoms with Gasteiger partial charge in [-0.25, -0.2) is 0 Å². The van der Waals surface area contributed by atoms with Crippen molar-refractivity contribution in [1.82, 2.24) is 0 Å². The van der Waals surface area contributed by atoms with Gasteiger partial charge in [0.1, 0.15) is 5.60 Å². The van der Waals surface area contributed by atoms with E-state index >= 15 is 0 Å². The lowest BCUT2D eigenvalue weighted by Gasteiger charge is -2.22. The van der Waals surface area contributed by atoms with Crippen LogP contribution < -0.4 is 5.73 Å². The van der Waals surface area contributed by atoms with E-state index in [1.807, 2.05) is 0 Å². The maximum atomic E-state index is 10.4. The van der Waals surface area contributed by atoms with E-state index in [2.05, 4.69) is 0 Å². The number of hydrogen-bond donors (Lipinski definition) is 2. The third kappa shape index (κ3) is 1.68. The molecule has 0 radical (unpaired) electrons. The van der Waals surface area contributed by atoms with Crippen LogP contribution in [0.2, 0.25) is 0 Å². The third-order valence-corrected chi connectivity index (χ3v) is 1.62. The van der Waals surface area contributed by atoms with Crippen molar-refractivity contribution >= 4 is 5.91 Å². The van der Waals surface area contributed by atoms with Crippen LogP contribution in [0, 0.1) is 5.92 Å². The first-order valence-electron chi connectivity index (χ1n) is 2.91. The van der Waals surface area contributed by atoms with Crippen LogP contribution in [0.15, 0.2) is 0 Å². The molecular weight excluding hydrogens is 118 g/mol. The normalized spacial score (nSPS) is 17.4. The fraction of sp³-hybridized carbons (Fsp3) is 0.833. The predicted octanol–water partition coefficient (Wildman–Crippen LogP) is -0.121. The molecule has 0 saturated heterocycles. The molecule has 0 heterocycles. The van der Waals surface area contributed by atoms with E-state index in [1.54, 1.807) is 13.8 Å². The van der Waals surface area contributed by atoms with Crippen molar-refractivity contribution in [2.45, 2.75) is 26.4 Å². The van der Waals surface area contributed by atoms with Gasteiger partial charge in [-0.2, -0.15) is 0 Å². The Kier molecular flexibility index (Phi) is 2.20. The zero-order valence-corrected chi connectivity index (χ0v) is 6.01. The molecule has 0 saturated carbocycles. The van der Waals surface area contributed by atoms with E-state index in [9.17, 15) is 9.90 Å². The molecular formula is C6H13NO2. The van der Waals surface area contributed by atoms with Gasteiger partial charge < -0.3 is 10.8 Å². The molecule has 0 aromatic heterocycles. The lowest BCUT2D eigenvalue weighted by molar-refractivity contribution is -0.138. The van der Waals surface area contributed by atoms with Gasteiger partial charge in [-0.1, -0.05) is 13.8 Å². The van der Waals surface area contributed by atoms with Crippen LogP contribution in [-0.2, 0) is 4.79 Å². The van der Waals surface area contributed by atoms with E-state index in [4.69, 9.17) is 5.73 Å². The molecule has 3 nitrogen and oxygen atoms in total. The fourth-order valence-corrected chi connectivity index (χ4v) is 0.285. The molecule has 9 heavy (non-hydrogen) atoms. The highest BCUT2D eigenvalue weighted by Gasteiger charge is 2.31. The Labute approximate surface area is 54.9 Å². The molecule has 3 heteroatoms. The molecule has 54 valence electrons. The van der Waals surface area contributed by atoms with Crippen molar-refractivity contribution < 1.29 is 9.90 Å². The van der Waals surface area contributed by atoms with E-state index in [0.29, 0.717) is 0 Å². The number of hydrogen-bond acceptors (Lipinski definition) is 2. The zero-order chi connectivity index (χ0) is 7.65. The Morgan fingerprint density at radius 2 is 2.00 bits per heavy atom. The lowest BCUT2D eigenvalue weighted by atomic mass is 9.92. The highest BCUT2D eigenvalue weighted by Crippen LogP contribution is 2.14. The van der Waals surface area contributed by atoms with E-state index in [0.717, 1.165) is 0 Å². The summed E-state index contributed by atoms with van der Waals surface area (Å²) in [5.41, 5.74) is 3.52. The first kappa shape index (κ1) is 8.43. The Morgan fingerprint density at radius 3 is 2.00 bits per heavy atom. The largest absolute Gasteiger partial charge is 0.380 e. The van der Waals surface area contributed by atoms with Crippen molar-refractivity contribution in [3.8, 4) is 0 Å². The number of nitrogens with two attached hydrogens (primary N) is 1. The molecule has 1 unspecified atom stereocenters. The lowest BCUT2D eigenvalue weighted by Crippen LogP contribution is -2.45. The molecule has 1 atom stereocenters. The molecule has 0 aromatic carbocycles. The monoisotopic (exact) mass is 131 g/mol. The Morgan fingerprint density at radius 1 is 1.67 bits per heavy atom. The van der Waals surface area contributed by atoms with Gasteiger partial charge in [-0.05, 0) is 12.8 Å². The summed E-state index contributed by atoms with van der Waals surface area (Å²) in [6.45, 7) is 4.90. The van der Waals surface area contributed by atoms with Crippen molar-refractivity contribution in [2.24, 2.45) is 11.7 Å². The molecule has 0 aliphatic rings. The summed E-state index contributed by atoms with van der Waals surface area (Å²) in [6.07, 6.45) is 0. The van der Waals surface area contributed by atoms with Crippen molar-refractivity contribution in [3.63, 3.8) is 0 Å². The number of rotatable bonds is 2. The van der Waals surface area contributed by atoms with Crippen molar-refractivity contribution in [2.75, 3.05) is 0 Å². The second-order valence-corrected chi connectivity index (χ2v) is 2.67. The second-order valence-electron chi connectivity index (χ2n) is 2.67. The summed E-state index contributed by atoms with van der Waals surface area (Å²) in [4.78, 5) is 10.4. The molecule has 0 aliphatic carbocycles. The average molecular weight is 131 g/mol. The van der Waals surface area contributed by atoms with Gasteiger partial charge >= 0.3 is 0 Å². The highest BCUT2D eigenvalue weighted by molar-refractivity contribution is 5.82. The topological polar surface area (TPSA) is 63.3 Å². The van der Waals surface area contributed by atoms with Crippen LogP contribution in [0.3, 0.4) is 0 Å². The minimum atomic E-state index is -1.36. The summed E-state index contributed by atoms with van der Waals surface area (Å²) >= 11 is 0. The van der Waals surface area contributed by atoms with Crippen LogP contribution in [0.4, 0.5) is 0 Å². The molecule has 0 fully saturated rings. The molecule has 0 spiro atoms. The Hall–Kier alpha value is -0.570. The molecule has 0 rings (SSSR count). The molecule has 1 amide bonds. The summed E-state index contributed by atoms with van der Waals surface area (Å²) in [6, 6.07) is 0. The predicted molar refractivity (Wildman–Crippen MR) is 34.7 cm³/mol. The Bertz CT molecular complexity index is 118. The standard InChI is InChI=1S/C6H13NO2/c1-4(2)6(3,9)5(7)8/h4,9H,1-3H3,(H2,7,8). The molecule has 0 aliphatic heterocycles. The van der Waals surface area contributed by atoms with Gasteiger partial charge in [0.05, 0.1) is 0 Å². The van der Waals surface area contributed by atoms with E-state index in [-0.39, 0.29) is 5.92 Å². The number of carbonyl (C=O) groups excluding carboxylic acids is 1. The summed E-state index contributed by atoms with van der Waals surface area (Å²) < 4.78 is 0. The zero-order valence-electron chi connectivity index (χ0n) is 6.01. The van der Waals surface area contributed by atoms with Gasteiger partial charge in [0, 0.05) is 0 Å². The van der Waals surface area contributed by atoms with E-state index < -0.39 is 11.5 Å². The first-order chi connectivity index (χ1) is 3.89. The first-order valence-corrected chi connectivity index (χ1v) is 2.91. The summed E-state index contributed by atoms with van der Waals surface area (Å²) in [5.74, 6) is -0.799. The molecule has 0 bridgehead atoms. The minimum Gasteiger partial charge on any atom is -0.380 e. The van der Waals surface area contributed by atoms with Crippen LogP contribution in [0.5, 0.6) is 0 Å². The molecule has 3 N–H and O–H groups in total. The SMILES string of the molecule is CC(C)C(C)(O)C(N)=O. The number of primary amides is 1. The van der Waals surface area contributed by atoms with Gasteiger partial charge in [-0.15, -0.1) is 0 Å². The van der Waals surface area contributed by atoms with Crippen LogP contribution in [0.1, 0.15) is 20.8 Å². The highest BCUT2D eigenvalue weighted by atomic mass is 16.3. The van der Waals surface area contributed by atoms with Crippen molar-refractivity contribution in [1.29, 1.82) is 0 Å². The molecule has 0 aromatic rings. The number of aliphatic hydroxyl groups is 1. The smallest absolute Gasteiger partial charge is 0.249 e. The van der Waals surface area contributed by atoms with Crippen LogP contribution >= 0.6 is 0 Å². The second kappa shape index (κ2) is 2.35. The van der Waals surface area contributed by atoms with Crippen LogP contribution in [-0.4, -0.2) is 16.6 Å².